The van der Waals surface area contributed by atoms with Crippen LogP contribution in [0.15, 0.2) is 24.3 Å². The Morgan fingerprint density at radius 3 is 2.53 bits per heavy atom. The first-order valence-corrected chi connectivity index (χ1v) is 8.68. The summed E-state index contributed by atoms with van der Waals surface area (Å²) in [4.78, 5) is 0. The maximum atomic E-state index is 11.7. The second kappa shape index (κ2) is 5.25. The summed E-state index contributed by atoms with van der Waals surface area (Å²) in [7, 11) is -3.03. The van der Waals surface area contributed by atoms with Crippen molar-refractivity contribution in [2.75, 3.05) is 12.8 Å². The first-order chi connectivity index (χ1) is 8.79. The van der Waals surface area contributed by atoms with Gasteiger partial charge in [-0.15, -0.1) is 0 Å². The normalized spacial score (nSPS) is 20.1. The summed E-state index contributed by atoms with van der Waals surface area (Å²) >= 11 is 0. The number of hydrogen-bond donors (Lipinski definition) is 1. The van der Waals surface area contributed by atoms with Crippen LogP contribution in [0.3, 0.4) is 0 Å². The van der Waals surface area contributed by atoms with Gasteiger partial charge in [0.2, 0.25) is 0 Å². The lowest BCUT2D eigenvalue weighted by Crippen LogP contribution is -2.46. The fourth-order valence-corrected chi connectivity index (χ4v) is 2.74. The quantitative estimate of drug-likeness (QED) is 0.917. The highest BCUT2D eigenvalue weighted by molar-refractivity contribution is 7.92. The second-order valence-electron chi connectivity index (χ2n) is 6.12. The zero-order valence-electron chi connectivity index (χ0n) is 11.9. The summed E-state index contributed by atoms with van der Waals surface area (Å²) in [5, 5.41) is 3.43. The summed E-state index contributed by atoms with van der Waals surface area (Å²) in [6, 6.07) is 8.90. The van der Waals surface area contributed by atoms with Gasteiger partial charge in [-0.3, -0.25) is 0 Å². The Kier molecular flexibility index (Phi) is 4.02. The molecule has 1 aromatic rings. The average Bonchev–Trinajstić information content (AvgIpc) is 2.35. The predicted molar refractivity (Wildman–Crippen MR) is 79.2 cm³/mol. The summed E-state index contributed by atoms with van der Waals surface area (Å²) in [6.07, 6.45) is 4.46. The summed E-state index contributed by atoms with van der Waals surface area (Å²) in [5.41, 5.74) is 2.83. The van der Waals surface area contributed by atoms with Crippen LogP contribution in [0.1, 0.15) is 31.4 Å². The van der Waals surface area contributed by atoms with E-state index >= 15 is 0 Å². The molecule has 0 radical (unpaired) electrons. The summed E-state index contributed by atoms with van der Waals surface area (Å²) in [5.74, 6) is 0. The van der Waals surface area contributed by atoms with E-state index in [2.05, 4.69) is 29.6 Å². The molecule has 0 saturated heterocycles. The van der Waals surface area contributed by atoms with Gasteiger partial charge in [-0.2, -0.15) is 0 Å². The maximum absolute atomic E-state index is 11.7. The number of benzene rings is 1. The minimum absolute atomic E-state index is 0.385. The van der Waals surface area contributed by atoms with Crippen LogP contribution in [0.25, 0.3) is 0 Å². The van der Waals surface area contributed by atoms with Gasteiger partial charge < -0.3 is 5.32 Å². The second-order valence-corrected chi connectivity index (χ2v) is 8.77. The van der Waals surface area contributed by atoms with Crippen molar-refractivity contribution in [1.29, 1.82) is 0 Å². The van der Waals surface area contributed by atoms with Crippen LogP contribution in [0.5, 0.6) is 0 Å². The minimum Gasteiger partial charge on any atom is -0.312 e. The van der Waals surface area contributed by atoms with Gasteiger partial charge in [0.25, 0.3) is 0 Å². The topological polar surface area (TPSA) is 46.2 Å². The summed E-state index contributed by atoms with van der Waals surface area (Å²) < 4.78 is 22.7. The van der Waals surface area contributed by atoms with Gasteiger partial charge in [-0.05, 0) is 44.2 Å². The fourth-order valence-electron chi connectivity index (χ4n) is 2.39. The molecule has 1 aliphatic rings. The van der Waals surface area contributed by atoms with E-state index in [9.17, 15) is 8.42 Å². The lowest BCUT2D eigenvalue weighted by Gasteiger charge is -2.30. The van der Waals surface area contributed by atoms with Crippen molar-refractivity contribution in [3.63, 3.8) is 0 Å². The van der Waals surface area contributed by atoms with Gasteiger partial charge in [0.05, 0.1) is 4.75 Å². The number of nitrogens with one attached hydrogen (secondary N) is 1. The van der Waals surface area contributed by atoms with E-state index in [1.807, 2.05) is 0 Å². The Hall–Kier alpha value is -0.870. The third-order valence-electron chi connectivity index (χ3n) is 4.17. The molecular weight excluding hydrogens is 258 g/mol. The van der Waals surface area contributed by atoms with Crippen molar-refractivity contribution >= 4 is 9.84 Å². The van der Waals surface area contributed by atoms with Crippen LogP contribution < -0.4 is 5.32 Å². The molecule has 1 aromatic carbocycles. The van der Waals surface area contributed by atoms with Gasteiger partial charge in [0.15, 0.2) is 9.84 Å². The molecule has 1 aliphatic carbocycles. The van der Waals surface area contributed by atoms with E-state index in [4.69, 9.17) is 0 Å². The fraction of sp³-hybridized carbons (Fsp3) is 0.600. The monoisotopic (exact) mass is 281 g/mol. The first kappa shape index (κ1) is 14.5. The van der Waals surface area contributed by atoms with Crippen molar-refractivity contribution in [2.45, 2.75) is 43.9 Å². The Morgan fingerprint density at radius 1 is 1.26 bits per heavy atom. The molecule has 3 nitrogen and oxygen atoms in total. The maximum Gasteiger partial charge on any atom is 0.153 e. The SMILES string of the molecule is CC(C)(CNC1CCc2ccccc2C1)S(C)(=O)=O. The molecule has 0 bridgehead atoms. The lowest BCUT2D eigenvalue weighted by atomic mass is 9.88. The number of aryl methyl sites for hydroxylation is 1. The van der Waals surface area contributed by atoms with Gasteiger partial charge in [0, 0.05) is 18.8 Å². The Bertz CT molecular complexity index is 549. The van der Waals surface area contributed by atoms with Crippen LogP contribution in [0.2, 0.25) is 0 Å². The molecule has 0 heterocycles. The number of fused-ring (bicyclic) bond motifs is 1. The van der Waals surface area contributed by atoms with Crippen molar-refractivity contribution < 1.29 is 8.42 Å². The Labute approximate surface area is 116 Å². The zero-order chi connectivity index (χ0) is 14.1. The van der Waals surface area contributed by atoms with Crippen LogP contribution in [-0.4, -0.2) is 32.0 Å². The van der Waals surface area contributed by atoms with Crippen molar-refractivity contribution in [1.82, 2.24) is 5.32 Å². The van der Waals surface area contributed by atoms with Crippen molar-refractivity contribution in [3.8, 4) is 0 Å². The van der Waals surface area contributed by atoms with E-state index in [1.54, 1.807) is 13.8 Å². The average molecular weight is 281 g/mol. The van der Waals surface area contributed by atoms with Crippen LogP contribution in [0, 0.1) is 0 Å². The van der Waals surface area contributed by atoms with Gasteiger partial charge in [-0.1, -0.05) is 24.3 Å². The van der Waals surface area contributed by atoms with Crippen LogP contribution >= 0.6 is 0 Å². The molecule has 0 amide bonds. The van der Waals surface area contributed by atoms with Gasteiger partial charge in [0.1, 0.15) is 0 Å². The van der Waals surface area contributed by atoms with Crippen LogP contribution in [0.4, 0.5) is 0 Å². The minimum atomic E-state index is -3.03. The van der Waals surface area contributed by atoms with E-state index in [-0.39, 0.29) is 0 Å². The zero-order valence-corrected chi connectivity index (χ0v) is 12.8. The molecule has 4 heteroatoms. The van der Waals surface area contributed by atoms with Crippen molar-refractivity contribution in [3.05, 3.63) is 35.4 Å². The molecule has 2 rings (SSSR count). The molecular formula is C15H23NO2S. The van der Waals surface area contributed by atoms with Gasteiger partial charge >= 0.3 is 0 Å². The molecule has 0 aromatic heterocycles. The molecule has 1 atom stereocenters. The molecule has 19 heavy (non-hydrogen) atoms. The highest BCUT2D eigenvalue weighted by Gasteiger charge is 2.31. The van der Waals surface area contributed by atoms with E-state index in [1.165, 1.54) is 17.4 Å². The number of rotatable bonds is 4. The third-order valence-corrected chi connectivity index (χ3v) is 6.32. The predicted octanol–water partition coefficient (Wildman–Crippen LogP) is 1.96. The lowest BCUT2D eigenvalue weighted by molar-refractivity contribution is 0.428. The van der Waals surface area contributed by atoms with Crippen LogP contribution in [-0.2, 0) is 22.7 Å². The standard InChI is InChI=1S/C15H23NO2S/c1-15(2,19(3,17)18)11-16-14-9-8-12-6-4-5-7-13(12)10-14/h4-7,14,16H,8-11H2,1-3H3. The number of hydrogen-bond acceptors (Lipinski definition) is 3. The van der Waals surface area contributed by atoms with E-state index < -0.39 is 14.6 Å². The molecule has 0 fully saturated rings. The smallest absolute Gasteiger partial charge is 0.153 e. The molecule has 0 spiro atoms. The molecule has 106 valence electrons. The first-order valence-electron chi connectivity index (χ1n) is 6.79. The molecule has 0 aliphatic heterocycles. The largest absolute Gasteiger partial charge is 0.312 e. The summed E-state index contributed by atoms with van der Waals surface area (Å²) in [6.45, 7) is 4.08. The molecule has 0 saturated carbocycles. The Morgan fingerprint density at radius 2 is 1.89 bits per heavy atom. The number of sulfone groups is 1. The third kappa shape index (κ3) is 3.37. The van der Waals surface area contributed by atoms with Gasteiger partial charge in [-0.25, -0.2) is 8.42 Å². The van der Waals surface area contributed by atoms with E-state index in [0.717, 1.165) is 19.3 Å². The Balaban J connectivity index is 1.97. The van der Waals surface area contributed by atoms with Crippen molar-refractivity contribution in [2.24, 2.45) is 0 Å². The molecule has 1 unspecified atom stereocenters. The highest BCUT2D eigenvalue weighted by atomic mass is 32.2. The highest BCUT2D eigenvalue weighted by Crippen LogP contribution is 2.22. The molecule has 1 N–H and O–H groups in total. The van der Waals surface area contributed by atoms with E-state index in [0.29, 0.717) is 12.6 Å².